The van der Waals surface area contributed by atoms with Crippen molar-refractivity contribution in [2.24, 2.45) is 0 Å². The van der Waals surface area contributed by atoms with E-state index in [1.807, 2.05) is 43.1 Å². The van der Waals surface area contributed by atoms with Gasteiger partial charge in [0.15, 0.2) is 11.5 Å². The molecule has 0 spiro atoms. The molecule has 0 N–H and O–H groups in total. The molecule has 0 aliphatic carbocycles. The summed E-state index contributed by atoms with van der Waals surface area (Å²) in [5, 5.41) is 0. The van der Waals surface area contributed by atoms with E-state index in [1.54, 1.807) is 14.2 Å². The molecule has 0 fully saturated rings. The van der Waals surface area contributed by atoms with Gasteiger partial charge in [-0.3, -0.25) is 9.69 Å². The molecule has 0 saturated heterocycles. The Bertz CT molecular complexity index is 1470. The summed E-state index contributed by atoms with van der Waals surface area (Å²) in [6.07, 6.45) is -2.69. The molecule has 2 aliphatic heterocycles. The van der Waals surface area contributed by atoms with Crippen molar-refractivity contribution in [3.8, 4) is 11.5 Å². The van der Waals surface area contributed by atoms with Gasteiger partial charge in [0.25, 0.3) is 6.47 Å². The molecule has 2 heterocycles. The van der Waals surface area contributed by atoms with Gasteiger partial charge in [-0.15, -0.1) is 0 Å². The van der Waals surface area contributed by atoms with Crippen LogP contribution >= 0.6 is 0 Å². The van der Waals surface area contributed by atoms with Crippen LogP contribution in [0.4, 0.5) is 13.2 Å². The zero-order valence-corrected chi connectivity index (χ0v) is 27.2. The molecule has 0 aromatic heterocycles. The highest BCUT2D eigenvalue weighted by Gasteiger charge is 2.39. The Morgan fingerprint density at radius 2 is 1.65 bits per heavy atom. The third kappa shape index (κ3) is 7.67. The van der Waals surface area contributed by atoms with Crippen LogP contribution in [0, 0.1) is 0 Å². The number of ether oxygens (including phenoxy) is 4. The van der Waals surface area contributed by atoms with Crippen molar-refractivity contribution in [3.05, 3.63) is 81.2 Å². The highest BCUT2D eigenvalue weighted by molar-refractivity contribution is 5.92. The number of nitrogens with zero attached hydrogens (tertiary/aromatic N) is 3. The van der Waals surface area contributed by atoms with Crippen molar-refractivity contribution in [2.75, 3.05) is 68.7 Å². The van der Waals surface area contributed by atoms with E-state index in [9.17, 15) is 22.8 Å². The fourth-order valence-corrected chi connectivity index (χ4v) is 6.29. The van der Waals surface area contributed by atoms with Crippen LogP contribution in [0.2, 0.25) is 0 Å². The molecule has 2 aromatic rings. The normalized spacial score (nSPS) is 17.3. The minimum Gasteiger partial charge on any atom is -0.493 e. The summed E-state index contributed by atoms with van der Waals surface area (Å²) in [4.78, 5) is 31.2. The van der Waals surface area contributed by atoms with Gasteiger partial charge in [0, 0.05) is 63.4 Å². The van der Waals surface area contributed by atoms with Crippen LogP contribution in [0.5, 0.6) is 11.5 Å². The molecule has 2 aromatic carbocycles. The Balaban J connectivity index is 1.77. The van der Waals surface area contributed by atoms with E-state index in [-0.39, 0.29) is 6.61 Å². The first-order chi connectivity index (χ1) is 21.9. The first-order valence-electron chi connectivity index (χ1n) is 15.0. The fourth-order valence-electron chi connectivity index (χ4n) is 6.29. The monoisotopic (exact) mass is 645 g/mol. The molecule has 46 heavy (non-hydrogen) atoms. The zero-order valence-electron chi connectivity index (χ0n) is 27.2. The Kier molecular flexibility index (Phi) is 11.4. The molecule has 0 radical (unpaired) electrons. The second kappa shape index (κ2) is 15.0. The van der Waals surface area contributed by atoms with E-state index in [1.165, 1.54) is 24.8 Å². The number of hydrogen-bond donors (Lipinski definition) is 0. The predicted molar refractivity (Wildman–Crippen MR) is 166 cm³/mol. The third-order valence-corrected chi connectivity index (χ3v) is 8.67. The maximum atomic E-state index is 13.6. The lowest BCUT2D eigenvalue weighted by molar-refractivity contribution is -0.138. The molecule has 250 valence electrons. The number of hydrogen-bond acceptors (Lipinski definition) is 9. The SMILES string of the molecule is COC(=O)C1=C(CCN2CCc3cc(OC)c(OC)cc3C2)N(C)C(CCN(C)C)=C(COC=O)C1c1ccc(C(F)(F)F)cc1. The van der Waals surface area contributed by atoms with E-state index < -0.39 is 23.6 Å². The molecule has 1 unspecified atom stereocenters. The first kappa shape index (κ1) is 34.8. The summed E-state index contributed by atoms with van der Waals surface area (Å²) in [7, 11) is 10.2. The average Bonchev–Trinajstić information content (AvgIpc) is 3.04. The molecule has 1 atom stereocenters. The van der Waals surface area contributed by atoms with Crippen LogP contribution in [0.1, 0.15) is 41.0 Å². The number of alkyl halides is 3. The molecule has 4 rings (SSSR count). The van der Waals surface area contributed by atoms with E-state index in [0.717, 1.165) is 36.4 Å². The van der Waals surface area contributed by atoms with Gasteiger partial charge in [-0.2, -0.15) is 13.2 Å². The largest absolute Gasteiger partial charge is 0.493 e. The first-order valence-corrected chi connectivity index (χ1v) is 15.0. The second-order valence-corrected chi connectivity index (χ2v) is 11.6. The number of fused-ring (bicyclic) bond motifs is 1. The standard InChI is InChI=1S/C34H42F3N3O6/c1-38(2)14-12-27-26(20-46-21-41)31(22-7-9-25(10-8-22)34(35,36)37)32(33(42)45-6)28(39(27)3)13-16-40-15-11-23-17-29(43-4)30(44-5)18-24(23)19-40/h7-10,17-18,21,31H,11-16,19-20H2,1-6H3. The van der Waals surface area contributed by atoms with Crippen molar-refractivity contribution in [2.45, 2.75) is 37.9 Å². The number of halogens is 3. The van der Waals surface area contributed by atoms with Gasteiger partial charge in [-0.1, -0.05) is 12.1 Å². The van der Waals surface area contributed by atoms with Gasteiger partial charge in [-0.25, -0.2) is 4.79 Å². The van der Waals surface area contributed by atoms with Crippen molar-refractivity contribution in [3.63, 3.8) is 0 Å². The van der Waals surface area contributed by atoms with Crippen LogP contribution in [-0.4, -0.2) is 95.9 Å². The van der Waals surface area contributed by atoms with Crippen molar-refractivity contribution in [1.82, 2.24) is 14.7 Å². The maximum Gasteiger partial charge on any atom is 0.416 e. The van der Waals surface area contributed by atoms with Crippen LogP contribution in [-0.2, 0) is 38.2 Å². The molecule has 12 heteroatoms. The highest BCUT2D eigenvalue weighted by atomic mass is 19.4. The third-order valence-electron chi connectivity index (χ3n) is 8.67. The van der Waals surface area contributed by atoms with E-state index in [4.69, 9.17) is 18.9 Å². The van der Waals surface area contributed by atoms with Crippen molar-refractivity contribution < 1.29 is 41.7 Å². The van der Waals surface area contributed by atoms with Crippen molar-refractivity contribution in [1.29, 1.82) is 0 Å². The van der Waals surface area contributed by atoms with Crippen molar-refractivity contribution >= 4 is 12.4 Å². The lowest BCUT2D eigenvalue weighted by Gasteiger charge is -2.40. The lowest BCUT2D eigenvalue weighted by atomic mass is 9.78. The summed E-state index contributed by atoms with van der Waals surface area (Å²) in [5.41, 5.74) is 4.47. The van der Waals surface area contributed by atoms with Crippen LogP contribution in [0.3, 0.4) is 0 Å². The number of methoxy groups -OCH3 is 3. The number of esters is 1. The molecular formula is C34H42F3N3O6. The topological polar surface area (TPSA) is 80.8 Å². The van der Waals surface area contributed by atoms with Gasteiger partial charge in [0.2, 0.25) is 0 Å². The summed E-state index contributed by atoms with van der Waals surface area (Å²) in [6, 6.07) is 8.79. The van der Waals surface area contributed by atoms with Gasteiger partial charge in [0.05, 0.1) is 32.5 Å². The maximum absolute atomic E-state index is 13.6. The van der Waals surface area contributed by atoms with Gasteiger partial charge in [-0.05, 0) is 67.0 Å². The smallest absolute Gasteiger partial charge is 0.416 e. The molecule has 0 saturated carbocycles. The molecule has 2 aliphatic rings. The Labute approximate surface area is 268 Å². The average molecular weight is 646 g/mol. The Morgan fingerprint density at radius 1 is 1.00 bits per heavy atom. The van der Waals surface area contributed by atoms with E-state index >= 15 is 0 Å². The Morgan fingerprint density at radius 3 is 2.22 bits per heavy atom. The molecular weight excluding hydrogens is 603 g/mol. The molecule has 0 bridgehead atoms. The Hall–Kier alpha value is -4.03. The van der Waals surface area contributed by atoms with Gasteiger partial charge in [0.1, 0.15) is 6.61 Å². The number of carbonyl (C=O) groups excluding carboxylic acids is 2. The molecule has 9 nitrogen and oxygen atoms in total. The predicted octanol–water partition coefficient (Wildman–Crippen LogP) is 5.01. The van der Waals surface area contributed by atoms with Gasteiger partial charge >= 0.3 is 12.1 Å². The second-order valence-electron chi connectivity index (χ2n) is 11.6. The van der Waals surface area contributed by atoms with Gasteiger partial charge < -0.3 is 28.7 Å². The minimum atomic E-state index is -4.52. The lowest BCUT2D eigenvalue weighted by Crippen LogP contribution is -2.37. The minimum absolute atomic E-state index is 0.135. The van der Waals surface area contributed by atoms with E-state index in [0.29, 0.717) is 72.9 Å². The summed E-state index contributed by atoms with van der Waals surface area (Å²) in [5.74, 6) is -0.0299. The zero-order chi connectivity index (χ0) is 33.6. The summed E-state index contributed by atoms with van der Waals surface area (Å²) < 4.78 is 62.0. The van der Waals surface area contributed by atoms with Crippen LogP contribution < -0.4 is 9.47 Å². The highest BCUT2D eigenvalue weighted by Crippen LogP contribution is 2.45. The van der Waals surface area contributed by atoms with Crippen LogP contribution in [0.25, 0.3) is 0 Å². The summed E-state index contributed by atoms with van der Waals surface area (Å²) >= 11 is 0. The van der Waals surface area contributed by atoms with Crippen LogP contribution in [0.15, 0.2) is 58.9 Å². The number of benzene rings is 2. The molecule has 0 amide bonds. The summed E-state index contributed by atoms with van der Waals surface area (Å²) in [6.45, 7) is 2.91. The number of carbonyl (C=O) groups is 2. The van der Waals surface area contributed by atoms with E-state index in [2.05, 4.69) is 4.90 Å². The number of rotatable bonds is 13. The quantitative estimate of drug-likeness (QED) is 0.221. The fraction of sp³-hybridized carbons (Fsp3) is 0.471.